The molecule has 3 amide bonds. The minimum absolute atomic E-state index is 0.0559. The molecular weight excluding hydrogens is 540 g/mol. The second-order valence-corrected chi connectivity index (χ2v) is 11.0. The number of benzene rings is 2. The second-order valence-electron chi connectivity index (χ2n) is 10.5. The van der Waals surface area contributed by atoms with Crippen molar-refractivity contribution >= 4 is 46.5 Å². The van der Waals surface area contributed by atoms with Gasteiger partial charge in [0.25, 0.3) is 0 Å². The van der Waals surface area contributed by atoms with Gasteiger partial charge in [-0.3, -0.25) is 19.9 Å². The molecule has 212 valence electrons. The largest absolute Gasteiger partial charge is 0.453 e. The first-order valence-electron chi connectivity index (χ1n) is 13.8. The Bertz CT molecular complexity index is 1540. The number of fused-ring (bicyclic) bond motifs is 4. The first-order valence-corrected chi connectivity index (χ1v) is 14.2. The fourth-order valence-corrected chi connectivity index (χ4v) is 5.72. The Morgan fingerprint density at radius 1 is 1.12 bits per heavy atom. The van der Waals surface area contributed by atoms with Crippen molar-refractivity contribution < 1.29 is 19.1 Å². The van der Waals surface area contributed by atoms with Gasteiger partial charge in [0.05, 0.1) is 24.5 Å². The van der Waals surface area contributed by atoms with Crippen LogP contribution in [0.5, 0.6) is 0 Å². The number of amides is 3. The highest BCUT2D eigenvalue weighted by Crippen LogP contribution is 2.37. The number of hydrogen-bond donors (Lipinski definition) is 2. The van der Waals surface area contributed by atoms with Gasteiger partial charge in [0.1, 0.15) is 0 Å². The molecule has 5 rings (SSSR count). The zero-order valence-corrected chi connectivity index (χ0v) is 24.1. The summed E-state index contributed by atoms with van der Waals surface area (Å²) >= 11 is 6.36. The number of carbonyl (C=O) groups excluding carboxylic acids is 3. The lowest BCUT2D eigenvalue weighted by molar-refractivity contribution is -0.129. The van der Waals surface area contributed by atoms with Crippen LogP contribution in [0, 0.1) is 12.8 Å². The summed E-state index contributed by atoms with van der Waals surface area (Å²) in [4.78, 5) is 45.1. The summed E-state index contributed by atoms with van der Waals surface area (Å²) in [6, 6.07) is 14.7. The smallest absolute Gasteiger partial charge is 0.411 e. The highest BCUT2D eigenvalue weighted by molar-refractivity contribution is 6.31. The van der Waals surface area contributed by atoms with Crippen LogP contribution in [0.25, 0.3) is 16.7 Å². The predicted molar refractivity (Wildman–Crippen MR) is 161 cm³/mol. The van der Waals surface area contributed by atoms with E-state index in [2.05, 4.69) is 10.6 Å². The monoisotopic (exact) mass is 572 g/mol. The zero-order chi connectivity index (χ0) is 29.1. The van der Waals surface area contributed by atoms with Crippen LogP contribution < -0.4 is 10.6 Å². The fourth-order valence-electron chi connectivity index (χ4n) is 5.54. The highest BCUT2D eigenvalue weighted by Gasteiger charge is 2.30. The number of nitrogens with zero attached hydrogens (tertiary/aromatic N) is 2. The molecule has 0 saturated carbocycles. The van der Waals surface area contributed by atoms with Crippen molar-refractivity contribution in [2.75, 3.05) is 24.3 Å². The maximum Gasteiger partial charge on any atom is 0.411 e. The van der Waals surface area contributed by atoms with Crippen molar-refractivity contribution in [1.82, 2.24) is 9.88 Å². The Morgan fingerprint density at radius 3 is 2.73 bits per heavy atom. The zero-order valence-electron chi connectivity index (χ0n) is 23.4. The Hall–Kier alpha value is -4.17. The van der Waals surface area contributed by atoms with Crippen molar-refractivity contribution in [1.29, 1.82) is 0 Å². The number of methoxy groups -OCH3 is 1. The molecule has 2 aliphatic heterocycles. The Balaban J connectivity index is 1.51. The van der Waals surface area contributed by atoms with Crippen LogP contribution in [0.1, 0.15) is 55.5 Å². The molecule has 2 bridgehead atoms. The van der Waals surface area contributed by atoms with E-state index in [0.29, 0.717) is 42.2 Å². The van der Waals surface area contributed by atoms with Gasteiger partial charge in [0.15, 0.2) is 0 Å². The van der Waals surface area contributed by atoms with Gasteiger partial charge in [-0.15, -0.1) is 0 Å². The Kier molecular flexibility index (Phi) is 8.40. The first-order chi connectivity index (χ1) is 19.7. The molecule has 8 nitrogen and oxygen atoms in total. The molecule has 0 unspecified atom stereocenters. The molecule has 2 aliphatic rings. The Morgan fingerprint density at radius 2 is 1.95 bits per heavy atom. The lowest BCUT2D eigenvalue weighted by atomic mass is 9.92. The number of hydrogen-bond acceptors (Lipinski definition) is 5. The maximum absolute atomic E-state index is 13.6. The van der Waals surface area contributed by atoms with Crippen LogP contribution in [0.15, 0.2) is 60.8 Å². The standard InChI is InChI=1S/C32H33ClN4O4/c1-19-6-4-9-29(37-15-13-22(17-30(37)38)24-7-5-8-26(33)20(24)2)28-16-21(12-14-34-28)25-11-10-23(35-32(40)41-3)18-27(25)36-31(19)39/h5,7-8,10-12,14,16-19,29H,4,6,9,13,15H2,1-3H3,(H,35,40)(H,36,39)/t19-,29+/m1/s1. The minimum atomic E-state index is -0.597. The molecule has 2 N–H and O–H groups in total. The van der Waals surface area contributed by atoms with Crippen LogP contribution in [0.2, 0.25) is 5.02 Å². The van der Waals surface area contributed by atoms with Crippen molar-refractivity contribution in [3.05, 3.63) is 82.6 Å². The van der Waals surface area contributed by atoms with E-state index in [1.165, 1.54) is 7.11 Å². The summed E-state index contributed by atoms with van der Waals surface area (Å²) < 4.78 is 4.72. The molecule has 0 aliphatic carbocycles. The predicted octanol–water partition coefficient (Wildman–Crippen LogP) is 7.00. The third-order valence-corrected chi connectivity index (χ3v) is 8.31. The van der Waals surface area contributed by atoms with Crippen LogP contribution in [0.4, 0.5) is 16.2 Å². The molecule has 2 aromatic carbocycles. The van der Waals surface area contributed by atoms with Crippen molar-refractivity contribution in [2.45, 2.75) is 45.6 Å². The maximum atomic E-state index is 13.6. The summed E-state index contributed by atoms with van der Waals surface area (Å²) in [6.07, 6.45) is 5.67. The van der Waals surface area contributed by atoms with Crippen molar-refractivity contribution in [3.63, 3.8) is 0 Å². The highest BCUT2D eigenvalue weighted by atomic mass is 35.5. The van der Waals surface area contributed by atoms with E-state index in [4.69, 9.17) is 21.3 Å². The van der Waals surface area contributed by atoms with E-state index >= 15 is 0 Å². The topological polar surface area (TPSA) is 101 Å². The lowest BCUT2D eigenvalue weighted by Crippen LogP contribution is -2.38. The number of halogens is 1. The molecule has 9 heteroatoms. The summed E-state index contributed by atoms with van der Waals surface area (Å²) in [5, 5.41) is 6.39. The van der Waals surface area contributed by atoms with Gasteiger partial charge in [-0.2, -0.15) is 0 Å². The van der Waals surface area contributed by atoms with Gasteiger partial charge in [-0.1, -0.05) is 43.1 Å². The summed E-state index contributed by atoms with van der Waals surface area (Å²) in [7, 11) is 1.30. The van der Waals surface area contributed by atoms with Gasteiger partial charge < -0.3 is 15.0 Å². The van der Waals surface area contributed by atoms with E-state index in [1.807, 2.05) is 55.1 Å². The van der Waals surface area contributed by atoms with Crippen molar-refractivity contribution in [2.24, 2.45) is 5.92 Å². The Labute approximate surface area is 244 Å². The quantitative estimate of drug-likeness (QED) is 0.352. The molecule has 3 aromatic rings. The number of nitrogens with one attached hydrogen (secondary N) is 2. The van der Waals surface area contributed by atoms with Gasteiger partial charge >= 0.3 is 6.09 Å². The average Bonchev–Trinajstić information content (AvgIpc) is 2.96. The number of pyridine rings is 1. The van der Waals surface area contributed by atoms with Crippen LogP contribution in [0.3, 0.4) is 0 Å². The average molecular weight is 573 g/mol. The van der Waals surface area contributed by atoms with Crippen molar-refractivity contribution in [3.8, 4) is 11.1 Å². The number of anilines is 2. The number of aromatic nitrogens is 1. The van der Waals surface area contributed by atoms with E-state index in [-0.39, 0.29) is 23.8 Å². The molecular formula is C32H33ClN4O4. The van der Waals surface area contributed by atoms with Gasteiger partial charge in [0, 0.05) is 41.0 Å². The van der Waals surface area contributed by atoms with Gasteiger partial charge in [-0.05, 0) is 78.8 Å². The molecule has 41 heavy (non-hydrogen) atoms. The van der Waals surface area contributed by atoms with Gasteiger partial charge in [0.2, 0.25) is 11.8 Å². The minimum Gasteiger partial charge on any atom is -0.453 e. The summed E-state index contributed by atoms with van der Waals surface area (Å²) in [5.41, 5.74) is 6.46. The summed E-state index contributed by atoms with van der Waals surface area (Å²) in [6.45, 7) is 4.43. The number of carbonyl (C=O) groups is 3. The molecule has 0 fully saturated rings. The van der Waals surface area contributed by atoms with E-state index < -0.39 is 6.09 Å². The molecule has 0 spiro atoms. The molecule has 3 heterocycles. The van der Waals surface area contributed by atoms with Crippen LogP contribution in [-0.2, 0) is 14.3 Å². The lowest BCUT2D eigenvalue weighted by Gasteiger charge is -2.35. The second kappa shape index (κ2) is 12.1. The van der Waals surface area contributed by atoms with E-state index in [0.717, 1.165) is 39.9 Å². The number of rotatable bonds is 3. The van der Waals surface area contributed by atoms with Crippen LogP contribution in [-0.4, -0.2) is 41.4 Å². The normalized spacial score (nSPS) is 19.2. The third-order valence-electron chi connectivity index (χ3n) is 7.90. The summed E-state index contributed by atoms with van der Waals surface area (Å²) in [5.74, 6) is -0.410. The molecule has 0 saturated heterocycles. The number of ether oxygens (including phenoxy) is 1. The first kappa shape index (κ1) is 28.4. The SMILES string of the molecule is COC(=O)Nc1ccc2c(c1)NC(=O)[C@H](C)CCC[C@H](N1CCC(c3cccc(Cl)c3C)=CC1=O)c1cc-2ccn1. The van der Waals surface area contributed by atoms with Crippen LogP contribution >= 0.6 is 11.6 Å². The molecule has 2 atom stereocenters. The molecule has 1 aromatic heterocycles. The van der Waals surface area contributed by atoms with E-state index in [1.54, 1.807) is 24.4 Å². The van der Waals surface area contributed by atoms with Gasteiger partial charge in [-0.25, -0.2) is 4.79 Å². The fraction of sp³-hybridized carbons (Fsp3) is 0.312. The molecule has 0 radical (unpaired) electrons. The third kappa shape index (κ3) is 6.12. The van der Waals surface area contributed by atoms with E-state index in [9.17, 15) is 14.4 Å².